The Kier molecular flexibility index (Phi) is 5.95. The molecule has 0 saturated carbocycles. The van der Waals surface area contributed by atoms with Gasteiger partial charge in [0.1, 0.15) is 13.2 Å². The van der Waals surface area contributed by atoms with E-state index in [1.54, 1.807) is 24.3 Å². The number of halogens is 3. The second-order valence-electron chi connectivity index (χ2n) is 4.30. The second-order valence-corrected chi connectivity index (χ2v) is 7.66. The number of rotatable bonds is 5. The van der Waals surface area contributed by atoms with Crippen LogP contribution >= 0.6 is 46.1 Å². The van der Waals surface area contributed by atoms with E-state index in [0.717, 1.165) is 16.0 Å². The zero-order valence-electron chi connectivity index (χ0n) is 11.5. The summed E-state index contributed by atoms with van der Waals surface area (Å²) in [6.07, 6.45) is 3.58. The third kappa shape index (κ3) is 4.63. The van der Waals surface area contributed by atoms with Crippen molar-refractivity contribution in [2.45, 2.75) is 16.6 Å². The predicted molar refractivity (Wildman–Crippen MR) is 91.0 cm³/mol. The maximum absolute atomic E-state index is 12.0. The first-order valence-electron chi connectivity index (χ1n) is 6.22. The van der Waals surface area contributed by atoms with Crippen LogP contribution in [0.15, 0.2) is 29.1 Å². The molecule has 122 valence electrons. The van der Waals surface area contributed by atoms with Crippen molar-refractivity contribution in [2.24, 2.45) is 0 Å². The fraction of sp³-hybridized carbons (Fsp3) is 0.286. The molecule has 0 amide bonds. The molecule has 0 fully saturated rings. The van der Waals surface area contributed by atoms with Gasteiger partial charge in [-0.3, -0.25) is 14.2 Å². The van der Waals surface area contributed by atoms with Gasteiger partial charge in [0.15, 0.2) is 0 Å². The molecule has 0 saturated heterocycles. The summed E-state index contributed by atoms with van der Waals surface area (Å²) in [6, 6.07) is 7.06. The molecule has 1 heterocycles. The summed E-state index contributed by atoms with van der Waals surface area (Å²) in [6.45, 7) is -0.535. The van der Waals surface area contributed by atoms with Crippen LogP contribution in [0.25, 0.3) is 10.2 Å². The Labute approximate surface area is 150 Å². The Bertz CT molecular complexity index is 803. The van der Waals surface area contributed by atoms with Crippen molar-refractivity contribution >= 4 is 62.3 Å². The average Bonchev–Trinajstić information content (AvgIpc) is 2.78. The SMILES string of the molecule is C#CCO[C@H](OC(=O)Cn1c(=O)sc2ccccc21)C(Cl)(Cl)Cl. The molecule has 2 rings (SSSR count). The van der Waals surface area contributed by atoms with E-state index in [1.807, 2.05) is 0 Å². The normalized spacial score (nSPS) is 12.8. The van der Waals surface area contributed by atoms with Gasteiger partial charge in [0, 0.05) is 0 Å². The molecular weight excluding hydrogens is 385 g/mol. The van der Waals surface area contributed by atoms with E-state index in [2.05, 4.69) is 5.92 Å². The van der Waals surface area contributed by atoms with Crippen LogP contribution < -0.4 is 4.87 Å². The fourth-order valence-corrected chi connectivity index (χ4v) is 2.98. The number of thiazole rings is 1. The van der Waals surface area contributed by atoms with Crippen molar-refractivity contribution < 1.29 is 14.3 Å². The van der Waals surface area contributed by atoms with E-state index in [9.17, 15) is 9.59 Å². The number of benzene rings is 1. The van der Waals surface area contributed by atoms with Gasteiger partial charge in [-0.15, -0.1) is 6.42 Å². The van der Waals surface area contributed by atoms with E-state index >= 15 is 0 Å². The standard InChI is InChI=1S/C14H10Cl3NO4S/c1-2-7-21-12(14(15,16)17)22-11(19)8-18-9-5-3-4-6-10(9)23-13(18)20/h1,3-6,12H,7-8H2/t12-/m1/s1. The summed E-state index contributed by atoms with van der Waals surface area (Å²) >= 11 is 18.1. The molecule has 0 bridgehead atoms. The molecule has 1 aromatic carbocycles. The first-order chi connectivity index (χ1) is 10.8. The molecule has 1 atom stereocenters. The van der Waals surface area contributed by atoms with Crippen LogP contribution in [0.4, 0.5) is 0 Å². The van der Waals surface area contributed by atoms with Crippen LogP contribution in [0, 0.1) is 12.3 Å². The molecule has 0 aliphatic carbocycles. The molecule has 0 unspecified atom stereocenters. The Morgan fingerprint density at radius 1 is 1.39 bits per heavy atom. The summed E-state index contributed by atoms with van der Waals surface area (Å²) in [7, 11) is 0. The monoisotopic (exact) mass is 393 g/mol. The quantitative estimate of drug-likeness (QED) is 0.339. The lowest BCUT2D eigenvalue weighted by atomic mass is 10.3. The molecule has 0 N–H and O–H groups in total. The third-order valence-corrected chi connectivity index (χ3v) is 4.18. The van der Waals surface area contributed by atoms with Gasteiger partial charge >= 0.3 is 10.8 Å². The van der Waals surface area contributed by atoms with Gasteiger partial charge < -0.3 is 9.47 Å². The number of ether oxygens (including phenoxy) is 2. The summed E-state index contributed by atoms with van der Waals surface area (Å²) in [5, 5.41) is 0. The molecule has 2 aromatic rings. The topological polar surface area (TPSA) is 57.5 Å². The van der Waals surface area contributed by atoms with Crippen LogP contribution in [0.5, 0.6) is 0 Å². The molecular formula is C14H10Cl3NO4S. The number of hydrogen-bond acceptors (Lipinski definition) is 5. The minimum atomic E-state index is -2.01. The minimum absolute atomic E-state index is 0.201. The van der Waals surface area contributed by atoms with Gasteiger partial charge in [0.25, 0.3) is 10.1 Å². The van der Waals surface area contributed by atoms with Gasteiger partial charge in [-0.2, -0.15) is 0 Å². The first-order valence-corrected chi connectivity index (χ1v) is 8.17. The number of carbonyl (C=O) groups excluding carboxylic acids is 1. The summed E-state index contributed by atoms with van der Waals surface area (Å²) in [5.74, 6) is 1.39. The van der Waals surface area contributed by atoms with Crippen molar-refractivity contribution in [3.63, 3.8) is 0 Å². The maximum atomic E-state index is 12.0. The van der Waals surface area contributed by atoms with Crippen molar-refractivity contribution in [1.29, 1.82) is 0 Å². The largest absolute Gasteiger partial charge is 0.430 e. The Hall–Kier alpha value is -1.23. The van der Waals surface area contributed by atoms with Crippen molar-refractivity contribution in [2.75, 3.05) is 6.61 Å². The zero-order chi connectivity index (χ0) is 17.0. The highest BCUT2D eigenvalue weighted by molar-refractivity contribution is 7.16. The molecule has 0 aliphatic rings. The number of para-hydroxylation sites is 1. The van der Waals surface area contributed by atoms with Gasteiger partial charge in [0.2, 0.25) is 0 Å². The van der Waals surface area contributed by atoms with Gasteiger partial charge in [-0.1, -0.05) is 64.2 Å². The lowest BCUT2D eigenvalue weighted by Gasteiger charge is -2.23. The molecule has 0 aliphatic heterocycles. The van der Waals surface area contributed by atoms with Crippen molar-refractivity contribution in [3.8, 4) is 12.3 Å². The van der Waals surface area contributed by atoms with E-state index in [0.29, 0.717) is 5.52 Å². The Morgan fingerprint density at radius 2 is 2.09 bits per heavy atom. The van der Waals surface area contributed by atoms with Crippen LogP contribution in [-0.4, -0.2) is 27.2 Å². The summed E-state index contributed by atoms with van der Waals surface area (Å²) in [5.41, 5.74) is 0.620. The number of alkyl halides is 3. The maximum Gasteiger partial charge on any atom is 0.328 e. The van der Waals surface area contributed by atoms with Crippen LogP contribution in [0.1, 0.15) is 0 Å². The molecule has 0 radical (unpaired) electrons. The Morgan fingerprint density at radius 3 is 2.74 bits per heavy atom. The van der Waals surface area contributed by atoms with E-state index in [4.69, 9.17) is 50.7 Å². The first kappa shape index (κ1) is 18.1. The van der Waals surface area contributed by atoms with Crippen LogP contribution in [0.2, 0.25) is 0 Å². The smallest absolute Gasteiger partial charge is 0.328 e. The highest BCUT2D eigenvalue weighted by atomic mass is 35.6. The average molecular weight is 395 g/mol. The lowest BCUT2D eigenvalue weighted by Crippen LogP contribution is -2.35. The molecule has 23 heavy (non-hydrogen) atoms. The van der Waals surface area contributed by atoms with Crippen molar-refractivity contribution in [1.82, 2.24) is 4.57 Å². The molecule has 5 nitrogen and oxygen atoms in total. The zero-order valence-corrected chi connectivity index (χ0v) is 14.6. The number of hydrogen-bond donors (Lipinski definition) is 0. The molecule has 1 aromatic heterocycles. The highest BCUT2D eigenvalue weighted by Crippen LogP contribution is 2.33. The van der Waals surface area contributed by atoms with Crippen LogP contribution in [0.3, 0.4) is 0 Å². The summed E-state index contributed by atoms with van der Waals surface area (Å²) in [4.78, 5) is 23.7. The van der Waals surface area contributed by atoms with E-state index < -0.39 is 16.1 Å². The minimum Gasteiger partial charge on any atom is -0.430 e. The number of aromatic nitrogens is 1. The third-order valence-electron chi connectivity index (χ3n) is 2.68. The number of terminal acetylenes is 1. The number of carbonyl (C=O) groups is 1. The molecule has 0 spiro atoms. The van der Waals surface area contributed by atoms with Gasteiger partial charge in [-0.05, 0) is 12.1 Å². The second kappa shape index (κ2) is 7.56. The molecule has 9 heteroatoms. The van der Waals surface area contributed by atoms with Crippen molar-refractivity contribution in [3.05, 3.63) is 33.9 Å². The van der Waals surface area contributed by atoms with Gasteiger partial charge in [-0.25, -0.2) is 0 Å². The highest BCUT2D eigenvalue weighted by Gasteiger charge is 2.37. The predicted octanol–water partition coefficient (Wildman–Crippen LogP) is 2.95. The van der Waals surface area contributed by atoms with Crippen LogP contribution in [-0.2, 0) is 20.8 Å². The van der Waals surface area contributed by atoms with E-state index in [1.165, 1.54) is 4.57 Å². The summed E-state index contributed by atoms with van der Waals surface area (Å²) < 4.78 is 10.0. The van der Waals surface area contributed by atoms with Gasteiger partial charge in [0.05, 0.1) is 10.2 Å². The Balaban J connectivity index is 2.16. The number of nitrogens with zero attached hydrogens (tertiary/aromatic N) is 1. The fourth-order valence-electron chi connectivity index (χ4n) is 1.77. The van der Waals surface area contributed by atoms with E-state index in [-0.39, 0.29) is 18.0 Å². The number of esters is 1. The number of fused-ring (bicyclic) bond motifs is 1. The lowest BCUT2D eigenvalue weighted by molar-refractivity contribution is -0.175.